The average molecular weight is 328 g/mol. The van der Waals surface area contributed by atoms with E-state index in [2.05, 4.69) is 4.98 Å². The van der Waals surface area contributed by atoms with Crippen molar-refractivity contribution in [1.29, 1.82) is 0 Å². The number of halogens is 1. The second kappa shape index (κ2) is 6.42. The molecule has 4 nitrogen and oxygen atoms in total. The maximum absolute atomic E-state index is 12.7. The van der Waals surface area contributed by atoms with Gasteiger partial charge in [-0.15, -0.1) is 0 Å². The SMILES string of the molecule is CN(CCc1ccncc1)C(=O)c1cc2ccc(Cl)cc2n1C. The molecule has 118 valence electrons. The third kappa shape index (κ3) is 3.22. The van der Waals surface area contributed by atoms with E-state index in [4.69, 9.17) is 11.6 Å². The molecule has 23 heavy (non-hydrogen) atoms. The lowest BCUT2D eigenvalue weighted by Gasteiger charge is -2.17. The lowest BCUT2D eigenvalue weighted by molar-refractivity contribution is 0.0787. The zero-order valence-electron chi connectivity index (χ0n) is 13.2. The number of carbonyl (C=O) groups excluding carboxylic acids is 1. The molecule has 0 N–H and O–H groups in total. The number of fused-ring (bicyclic) bond motifs is 1. The normalized spacial score (nSPS) is 10.9. The van der Waals surface area contributed by atoms with Gasteiger partial charge in [-0.25, -0.2) is 0 Å². The molecule has 1 aromatic carbocycles. The Balaban J connectivity index is 1.78. The predicted octanol–water partition coefficient (Wildman–Crippen LogP) is 3.54. The van der Waals surface area contributed by atoms with E-state index in [0.717, 1.165) is 17.3 Å². The maximum atomic E-state index is 12.7. The summed E-state index contributed by atoms with van der Waals surface area (Å²) in [4.78, 5) is 18.5. The minimum atomic E-state index is 0.00822. The van der Waals surface area contributed by atoms with E-state index < -0.39 is 0 Å². The first-order chi connectivity index (χ1) is 11.1. The van der Waals surface area contributed by atoms with Gasteiger partial charge in [0.2, 0.25) is 0 Å². The van der Waals surface area contributed by atoms with Gasteiger partial charge in [-0.2, -0.15) is 0 Å². The van der Waals surface area contributed by atoms with Crippen molar-refractivity contribution >= 4 is 28.4 Å². The Morgan fingerprint density at radius 3 is 2.70 bits per heavy atom. The maximum Gasteiger partial charge on any atom is 0.270 e. The Labute approximate surface area is 140 Å². The van der Waals surface area contributed by atoms with E-state index >= 15 is 0 Å². The van der Waals surface area contributed by atoms with Crippen LogP contribution < -0.4 is 0 Å². The van der Waals surface area contributed by atoms with Gasteiger partial charge >= 0.3 is 0 Å². The number of carbonyl (C=O) groups is 1. The van der Waals surface area contributed by atoms with Crippen LogP contribution in [0.1, 0.15) is 16.1 Å². The highest BCUT2D eigenvalue weighted by Crippen LogP contribution is 2.23. The summed E-state index contributed by atoms with van der Waals surface area (Å²) >= 11 is 6.05. The molecule has 2 aromatic heterocycles. The first-order valence-electron chi connectivity index (χ1n) is 7.45. The molecule has 0 saturated carbocycles. The quantitative estimate of drug-likeness (QED) is 0.735. The molecule has 0 atom stereocenters. The molecule has 1 amide bonds. The summed E-state index contributed by atoms with van der Waals surface area (Å²) in [5.74, 6) is 0.00822. The number of hydrogen-bond donors (Lipinski definition) is 0. The number of nitrogens with zero attached hydrogens (tertiary/aromatic N) is 3. The average Bonchev–Trinajstić information content (AvgIpc) is 2.89. The van der Waals surface area contributed by atoms with E-state index in [1.165, 1.54) is 5.56 Å². The number of benzene rings is 1. The van der Waals surface area contributed by atoms with Crippen LogP contribution in [0.15, 0.2) is 48.8 Å². The second-order valence-corrected chi connectivity index (χ2v) is 6.06. The van der Waals surface area contributed by atoms with Crippen molar-refractivity contribution in [2.45, 2.75) is 6.42 Å². The molecule has 2 heterocycles. The van der Waals surface area contributed by atoms with Gasteiger partial charge < -0.3 is 9.47 Å². The molecule has 0 radical (unpaired) electrons. The molecule has 3 rings (SSSR count). The van der Waals surface area contributed by atoms with Crippen LogP contribution in [0, 0.1) is 0 Å². The molecule has 0 saturated heterocycles. The van der Waals surface area contributed by atoms with Gasteiger partial charge in [-0.3, -0.25) is 9.78 Å². The Kier molecular flexibility index (Phi) is 4.35. The molecule has 3 aromatic rings. The second-order valence-electron chi connectivity index (χ2n) is 5.62. The summed E-state index contributed by atoms with van der Waals surface area (Å²) in [6.45, 7) is 0.658. The molecular formula is C18H18ClN3O. The fourth-order valence-electron chi connectivity index (χ4n) is 2.65. The van der Waals surface area contributed by atoms with E-state index in [1.807, 2.05) is 55.1 Å². The van der Waals surface area contributed by atoms with Crippen molar-refractivity contribution in [1.82, 2.24) is 14.5 Å². The topological polar surface area (TPSA) is 38.1 Å². The molecule has 0 spiro atoms. The van der Waals surface area contributed by atoms with E-state index in [1.54, 1.807) is 17.3 Å². The monoisotopic (exact) mass is 327 g/mol. The highest BCUT2D eigenvalue weighted by molar-refractivity contribution is 6.31. The molecular weight excluding hydrogens is 310 g/mol. The highest BCUT2D eigenvalue weighted by Gasteiger charge is 2.17. The van der Waals surface area contributed by atoms with Crippen molar-refractivity contribution in [2.75, 3.05) is 13.6 Å². The fourth-order valence-corrected chi connectivity index (χ4v) is 2.82. The van der Waals surface area contributed by atoms with E-state index in [-0.39, 0.29) is 5.91 Å². The zero-order chi connectivity index (χ0) is 16.4. The third-order valence-corrected chi connectivity index (χ3v) is 4.29. The van der Waals surface area contributed by atoms with Crippen LogP contribution >= 0.6 is 11.6 Å². The van der Waals surface area contributed by atoms with Crippen molar-refractivity contribution in [3.63, 3.8) is 0 Å². The summed E-state index contributed by atoms with van der Waals surface area (Å²) < 4.78 is 1.90. The van der Waals surface area contributed by atoms with Crippen LogP contribution in [0.25, 0.3) is 10.9 Å². The standard InChI is InChI=1S/C18H18ClN3O/c1-21(10-7-13-5-8-20-9-6-13)18(23)17-11-14-3-4-15(19)12-16(14)22(17)2/h3-6,8-9,11-12H,7,10H2,1-2H3. The van der Waals surface area contributed by atoms with Gasteiger partial charge in [0.05, 0.1) is 0 Å². The smallest absolute Gasteiger partial charge is 0.270 e. The summed E-state index contributed by atoms with van der Waals surface area (Å²) in [6.07, 6.45) is 4.34. The lowest BCUT2D eigenvalue weighted by atomic mass is 10.2. The van der Waals surface area contributed by atoms with Crippen LogP contribution in [-0.2, 0) is 13.5 Å². The number of amides is 1. The molecule has 0 aliphatic rings. The van der Waals surface area contributed by atoms with Crippen LogP contribution in [0.4, 0.5) is 0 Å². The largest absolute Gasteiger partial charge is 0.340 e. The predicted molar refractivity (Wildman–Crippen MR) is 92.8 cm³/mol. The van der Waals surface area contributed by atoms with Crippen LogP contribution in [0.2, 0.25) is 5.02 Å². The van der Waals surface area contributed by atoms with Crippen LogP contribution in [-0.4, -0.2) is 34.0 Å². The van der Waals surface area contributed by atoms with Gasteiger partial charge in [0, 0.05) is 49.0 Å². The minimum absolute atomic E-state index is 0.00822. The zero-order valence-corrected chi connectivity index (χ0v) is 13.9. The first-order valence-corrected chi connectivity index (χ1v) is 7.83. The van der Waals surface area contributed by atoms with Gasteiger partial charge in [0.1, 0.15) is 5.69 Å². The molecule has 0 fully saturated rings. The Morgan fingerprint density at radius 2 is 1.96 bits per heavy atom. The molecule has 0 bridgehead atoms. The molecule has 0 aliphatic carbocycles. The number of likely N-dealkylation sites (N-methyl/N-ethyl adjacent to an activating group) is 1. The van der Waals surface area contributed by atoms with Crippen molar-refractivity contribution in [3.8, 4) is 0 Å². The summed E-state index contributed by atoms with van der Waals surface area (Å²) in [5.41, 5.74) is 2.80. The van der Waals surface area contributed by atoms with Crippen LogP contribution in [0.5, 0.6) is 0 Å². The lowest BCUT2D eigenvalue weighted by Crippen LogP contribution is -2.30. The van der Waals surface area contributed by atoms with Crippen molar-refractivity contribution < 1.29 is 4.79 Å². The summed E-state index contributed by atoms with van der Waals surface area (Å²) in [6, 6.07) is 11.5. The summed E-state index contributed by atoms with van der Waals surface area (Å²) in [7, 11) is 3.72. The van der Waals surface area contributed by atoms with Gasteiger partial charge in [-0.05, 0) is 42.3 Å². The van der Waals surface area contributed by atoms with Crippen molar-refractivity contribution in [3.05, 3.63) is 65.1 Å². The number of aryl methyl sites for hydroxylation is 1. The number of rotatable bonds is 4. The molecule has 0 aliphatic heterocycles. The van der Waals surface area contributed by atoms with Gasteiger partial charge in [0.15, 0.2) is 0 Å². The number of pyridine rings is 1. The molecule has 5 heteroatoms. The van der Waals surface area contributed by atoms with E-state index in [9.17, 15) is 4.79 Å². The van der Waals surface area contributed by atoms with Gasteiger partial charge in [-0.1, -0.05) is 17.7 Å². The Morgan fingerprint density at radius 1 is 1.22 bits per heavy atom. The number of hydrogen-bond acceptors (Lipinski definition) is 2. The minimum Gasteiger partial charge on any atom is -0.340 e. The highest BCUT2D eigenvalue weighted by atomic mass is 35.5. The third-order valence-electron chi connectivity index (χ3n) is 4.06. The van der Waals surface area contributed by atoms with Crippen molar-refractivity contribution in [2.24, 2.45) is 7.05 Å². The fraction of sp³-hybridized carbons (Fsp3) is 0.222. The first kappa shape index (κ1) is 15.6. The summed E-state index contributed by atoms with van der Waals surface area (Å²) in [5, 5.41) is 1.69. The number of aromatic nitrogens is 2. The van der Waals surface area contributed by atoms with E-state index in [0.29, 0.717) is 17.3 Å². The Hall–Kier alpha value is -2.33. The Bertz CT molecular complexity index is 842. The van der Waals surface area contributed by atoms with Crippen LogP contribution in [0.3, 0.4) is 0 Å². The molecule has 0 unspecified atom stereocenters. The van der Waals surface area contributed by atoms with Gasteiger partial charge in [0.25, 0.3) is 5.91 Å².